The second-order valence-electron chi connectivity index (χ2n) is 5.92. The summed E-state index contributed by atoms with van der Waals surface area (Å²) < 4.78 is 0. The summed E-state index contributed by atoms with van der Waals surface area (Å²) in [6, 6.07) is 21.2. The van der Waals surface area contributed by atoms with Crippen molar-refractivity contribution in [3.63, 3.8) is 0 Å². The van der Waals surface area contributed by atoms with Crippen LogP contribution in [0.15, 0.2) is 97.1 Å². The summed E-state index contributed by atoms with van der Waals surface area (Å²) in [5.41, 5.74) is 3.60. The monoisotopic (exact) mass is 348 g/mol. The fourth-order valence-corrected chi connectivity index (χ4v) is 2.74. The van der Waals surface area contributed by atoms with E-state index in [1.54, 1.807) is 0 Å². The molecule has 0 aliphatic rings. The van der Waals surface area contributed by atoms with Crippen molar-refractivity contribution in [2.24, 2.45) is 0 Å². The Hall–Kier alpha value is -2.34. The average molecular weight is 349 g/mol. The first-order chi connectivity index (χ1) is 12.6. The third-order valence-electron chi connectivity index (χ3n) is 3.92. The molecule has 26 heavy (non-hydrogen) atoms. The molecule has 0 bridgehead atoms. The molecule has 0 amide bonds. The van der Waals surface area contributed by atoms with Gasteiger partial charge in [-0.25, -0.2) is 0 Å². The Labute approximate surface area is 162 Å². The molecule has 0 nitrogen and oxygen atoms in total. The fraction of sp³-hybridized carbons (Fsp3) is 0.308. The van der Waals surface area contributed by atoms with Gasteiger partial charge in [-0.1, -0.05) is 126 Å². The van der Waals surface area contributed by atoms with Crippen LogP contribution in [0.4, 0.5) is 0 Å². The molecule has 0 N–H and O–H groups in total. The van der Waals surface area contributed by atoms with Crippen LogP contribution in [-0.2, 0) is 5.41 Å². The zero-order chi connectivity index (χ0) is 19.8. The van der Waals surface area contributed by atoms with Gasteiger partial charge in [-0.15, -0.1) is 0 Å². The highest BCUT2D eigenvalue weighted by molar-refractivity contribution is 5.52. The quantitative estimate of drug-likeness (QED) is 0.478. The normalized spacial score (nSPS) is 11.1. The lowest BCUT2D eigenvalue weighted by molar-refractivity contribution is 0.691. The molecule has 0 aliphatic heterocycles. The molecule has 2 aromatic rings. The molecule has 0 aliphatic carbocycles. The summed E-state index contributed by atoms with van der Waals surface area (Å²) in [5, 5.41) is 0. The van der Waals surface area contributed by atoms with Crippen LogP contribution in [0.3, 0.4) is 0 Å². The minimum absolute atomic E-state index is 0.191. The first kappa shape index (κ1) is 23.7. The number of hydrogen-bond donors (Lipinski definition) is 0. The second kappa shape index (κ2) is 13.9. The topological polar surface area (TPSA) is 0 Å². The summed E-state index contributed by atoms with van der Waals surface area (Å²) in [6.45, 7) is 16.4. The first-order valence-corrected chi connectivity index (χ1v) is 9.72. The van der Waals surface area contributed by atoms with Gasteiger partial charge in [-0.05, 0) is 30.5 Å². The molecule has 0 heterocycles. The Morgan fingerprint density at radius 2 is 1.27 bits per heavy atom. The van der Waals surface area contributed by atoms with E-state index in [0.717, 1.165) is 0 Å². The van der Waals surface area contributed by atoms with E-state index < -0.39 is 0 Å². The molecule has 0 saturated carbocycles. The Bertz CT molecular complexity index is 605. The summed E-state index contributed by atoms with van der Waals surface area (Å²) >= 11 is 0. The van der Waals surface area contributed by atoms with Gasteiger partial charge >= 0.3 is 0 Å². The highest BCUT2D eigenvalue weighted by Gasteiger charge is 2.31. The van der Waals surface area contributed by atoms with E-state index in [1.807, 2.05) is 26.8 Å². The predicted molar refractivity (Wildman–Crippen MR) is 120 cm³/mol. The van der Waals surface area contributed by atoms with Crippen molar-refractivity contribution in [2.75, 3.05) is 0 Å². The minimum Gasteiger partial charge on any atom is -0.0991 e. The second-order valence-corrected chi connectivity index (χ2v) is 5.92. The van der Waals surface area contributed by atoms with Crippen molar-refractivity contribution in [1.82, 2.24) is 0 Å². The maximum Gasteiger partial charge on any atom is 0.0423 e. The fourth-order valence-electron chi connectivity index (χ4n) is 2.74. The summed E-state index contributed by atoms with van der Waals surface area (Å²) in [7, 11) is 0. The van der Waals surface area contributed by atoms with E-state index in [0.29, 0.717) is 0 Å². The standard InChI is InChI=1S/C21H22.C3H8.C2H6/c1-4-12-18(13-5-2)21(3,19-14-8-6-9-15-19)20-16-10-7-11-17-20;1-3-2;1-2/h4-17H,1H2,2-3H3;3H2,1-2H3;1-2H3/b13-5-,18-12+;;. The smallest absolute Gasteiger partial charge is 0.0423 e. The molecule has 0 atom stereocenters. The van der Waals surface area contributed by atoms with Crippen LogP contribution in [-0.4, -0.2) is 0 Å². The number of rotatable bonds is 5. The van der Waals surface area contributed by atoms with E-state index >= 15 is 0 Å². The maximum atomic E-state index is 3.87. The summed E-state index contributed by atoms with van der Waals surface area (Å²) in [5.74, 6) is 0. The molecule has 0 spiro atoms. The molecule has 140 valence electrons. The molecule has 0 fully saturated rings. The van der Waals surface area contributed by atoms with Crippen LogP contribution in [0.25, 0.3) is 0 Å². The predicted octanol–water partition coefficient (Wildman–Crippen LogP) is 8.12. The maximum absolute atomic E-state index is 3.87. The summed E-state index contributed by atoms with van der Waals surface area (Å²) in [6.07, 6.45) is 9.46. The molecule has 0 aromatic heterocycles. The highest BCUT2D eigenvalue weighted by Crippen LogP contribution is 2.39. The van der Waals surface area contributed by atoms with Crippen LogP contribution in [0.5, 0.6) is 0 Å². The molecule has 0 unspecified atom stereocenters. The average Bonchev–Trinajstić information content (AvgIpc) is 2.71. The van der Waals surface area contributed by atoms with E-state index in [9.17, 15) is 0 Å². The van der Waals surface area contributed by atoms with E-state index in [1.165, 1.54) is 23.1 Å². The van der Waals surface area contributed by atoms with Crippen LogP contribution < -0.4 is 0 Å². The molecule has 0 saturated heterocycles. The van der Waals surface area contributed by atoms with Crippen molar-refractivity contribution in [3.05, 3.63) is 108 Å². The molecular weight excluding hydrogens is 312 g/mol. The summed E-state index contributed by atoms with van der Waals surface area (Å²) in [4.78, 5) is 0. The lowest BCUT2D eigenvalue weighted by atomic mass is 9.70. The Morgan fingerprint density at radius 1 is 0.885 bits per heavy atom. The molecule has 2 aromatic carbocycles. The van der Waals surface area contributed by atoms with Crippen molar-refractivity contribution in [1.29, 1.82) is 0 Å². The highest BCUT2D eigenvalue weighted by atomic mass is 14.3. The Kier molecular flexibility index (Phi) is 12.6. The number of allylic oxidation sites excluding steroid dienone is 5. The van der Waals surface area contributed by atoms with Crippen LogP contribution >= 0.6 is 0 Å². The van der Waals surface area contributed by atoms with Crippen molar-refractivity contribution in [3.8, 4) is 0 Å². The van der Waals surface area contributed by atoms with Gasteiger partial charge in [-0.3, -0.25) is 0 Å². The van der Waals surface area contributed by atoms with Gasteiger partial charge in [0.2, 0.25) is 0 Å². The van der Waals surface area contributed by atoms with Crippen LogP contribution in [0, 0.1) is 0 Å². The molecule has 2 rings (SSSR count). The van der Waals surface area contributed by atoms with Gasteiger partial charge in [0.1, 0.15) is 0 Å². The minimum atomic E-state index is -0.191. The van der Waals surface area contributed by atoms with Crippen molar-refractivity contribution < 1.29 is 0 Å². The van der Waals surface area contributed by atoms with Gasteiger partial charge in [-0.2, -0.15) is 0 Å². The van der Waals surface area contributed by atoms with Gasteiger partial charge < -0.3 is 0 Å². The molecule has 0 heteroatoms. The molecular formula is C26H36. The molecule has 0 radical (unpaired) electrons. The zero-order valence-electron chi connectivity index (χ0n) is 17.5. The first-order valence-electron chi connectivity index (χ1n) is 9.72. The largest absolute Gasteiger partial charge is 0.0991 e. The SMILES string of the molecule is C=C/C=C(\C=C/C)C(C)(c1ccccc1)c1ccccc1.CC.CCC. The van der Waals surface area contributed by atoms with Crippen LogP contribution in [0.2, 0.25) is 0 Å². The Morgan fingerprint density at radius 3 is 1.58 bits per heavy atom. The van der Waals surface area contributed by atoms with Gasteiger partial charge in [0.05, 0.1) is 0 Å². The number of hydrogen-bond acceptors (Lipinski definition) is 0. The van der Waals surface area contributed by atoms with Gasteiger partial charge in [0.15, 0.2) is 0 Å². The van der Waals surface area contributed by atoms with Crippen LogP contribution in [0.1, 0.15) is 59.1 Å². The number of benzene rings is 2. The lowest BCUT2D eigenvalue weighted by Crippen LogP contribution is -2.25. The van der Waals surface area contributed by atoms with Gasteiger partial charge in [0, 0.05) is 5.41 Å². The van der Waals surface area contributed by atoms with E-state index in [2.05, 4.69) is 106 Å². The van der Waals surface area contributed by atoms with Gasteiger partial charge in [0.25, 0.3) is 0 Å². The van der Waals surface area contributed by atoms with Crippen molar-refractivity contribution in [2.45, 2.75) is 53.4 Å². The van der Waals surface area contributed by atoms with E-state index in [-0.39, 0.29) is 5.41 Å². The zero-order valence-corrected chi connectivity index (χ0v) is 17.5. The lowest BCUT2D eigenvalue weighted by Gasteiger charge is -2.32. The van der Waals surface area contributed by atoms with E-state index in [4.69, 9.17) is 0 Å². The van der Waals surface area contributed by atoms with Crippen molar-refractivity contribution >= 4 is 0 Å². The third-order valence-corrected chi connectivity index (χ3v) is 3.92. The third kappa shape index (κ3) is 6.52. The Balaban J connectivity index is 0.00000113.